The molecule has 102 valence electrons. The van der Waals surface area contributed by atoms with E-state index in [2.05, 4.69) is 5.32 Å². The fourth-order valence-corrected chi connectivity index (χ4v) is 2.46. The van der Waals surface area contributed by atoms with Crippen LogP contribution in [0.2, 0.25) is 5.02 Å². The molecule has 6 heteroatoms. The van der Waals surface area contributed by atoms with Gasteiger partial charge in [-0.2, -0.15) is 0 Å². The Morgan fingerprint density at radius 2 is 2.26 bits per heavy atom. The van der Waals surface area contributed by atoms with E-state index in [1.54, 1.807) is 11.0 Å². The van der Waals surface area contributed by atoms with Crippen LogP contribution in [-0.4, -0.2) is 36.3 Å². The second-order valence-corrected chi connectivity index (χ2v) is 4.94. The van der Waals surface area contributed by atoms with Gasteiger partial charge < -0.3 is 16.0 Å². The number of benzene rings is 1. The summed E-state index contributed by atoms with van der Waals surface area (Å²) in [6.07, 6.45) is -0.253. The van der Waals surface area contributed by atoms with E-state index in [0.29, 0.717) is 24.7 Å². The van der Waals surface area contributed by atoms with E-state index in [9.17, 15) is 9.59 Å². The first-order chi connectivity index (χ1) is 9.08. The highest BCUT2D eigenvalue weighted by Gasteiger charge is 2.28. The summed E-state index contributed by atoms with van der Waals surface area (Å²) >= 11 is 5.98. The number of hydrogen-bond acceptors (Lipinski definition) is 3. The second kappa shape index (κ2) is 6.04. The average molecular weight is 282 g/mol. The number of rotatable bonds is 3. The van der Waals surface area contributed by atoms with Crippen molar-refractivity contribution in [3.05, 3.63) is 34.9 Å². The molecule has 0 saturated carbocycles. The lowest BCUT2D eigenvalue weighted by atomic mass is 10.0. The van der Waals surface area contributed by atoms with Gasteiger partial charge in [0.1, 0.15) is 6.42 Å². The van der Waals surface area contributed by atoms with Crippen molar-refractivity contribution in [1.29, 1.82) is 0 Å². The van der Waals surface area contributed by atoms with Crippen LogP contribution in [0, 0.1) is 0 Å². The molecule has 1 atom stereocenters. The molecule has 0 aromatic heterocycles. The minimum atomic E-state index is -0.603. The van der Waals surface area contributed by atoms with Crippen LogP contribution in [0.3, 0.4) is 0 Å². The van der Waals surface area contributed by atoms with Gasteiger partial charge in [-0.1, -0.05) is 23.7 Å². The van der Waals surface area contributed by atoms with Gasteiger partial charge in [0.25, 0.3) is 0 Å². The van der Waals surface area contributed by atoms with Gasteiger partial charge in [0.15, 0.2) is 0 Å². The summed E-state index contributed by atoms with van der Waals surface area (Å²) in [7, 11) is 0. The minimum absolute atomic E-state index is 0.112. The van der Waals surface area contributed by atoms with E-state index >= 15 is 0 Å². The van der Waals surface area contributed by atoms with Gasteiger partial charge in [0, 0.05) is 24.7 Å². The van der Waals surface area contributed by atoms with E-state index < -0.39 is 5.91 Å². The Bertz CT molecular complexity index is 493. The molecule has 0 bridgehead atoms. The highest BCUT2D eigenvalue weighted by atomic mass is 35.5. The third kappa shape index (κ3) is 3.45. The largest absolute Gasteiger partial charge is 0.369 e. The number of nitrogens with two attached hydrogens (primary N) is 1. The quantitative estimate of drug-likeness (QED) is 0.801. The van der Waals surface area contributed by atoms with Crippen molar-refractivity contribution in [3.63, 3.8) is 0 Å². The van der Waals surface area contributed by atoms with Crippen LogP contribution in [-0.2, 0) is 9.59 Å². The van der Waals surface area contributed by atoms with Crippen LogP contribution in [0.4, 0.5) is 0 Å². The number of nitrogens with zero attached hydrogens (tertiary/aromatic N) is 1. The highest BCUT2D eigenvalue weighted by Crippen LogP contribution is 2.25. The smallest absolute Gasteiger partial charge is 0.232 e. The number of halogens is 1. The Hall–Kier alpha value is -1.59. The van der Waals surface area contributed by atoms with Gasteiger partial charge in [-0.25, -0.2) is 0 Å². The Balaban J connectivity index is 2.20. The fraction of sp³-hybridized carbons (Fsp3) is 0.385. The fourth-order valence-electron chi connectivity index (χ4n) is 2.27. The Labute approximate surface area is 116 Å². The second-order valence-electron chi connectivity index (χ2n) is 4.51. The van der Waals surface area contributed by atoms with Crippen LogP contribution in [0.15, 0.2) is 24.3 Å². The van der Waals surface area contributed by atoms with Gasteiger partial charge >= 0.3 is 0 Å². The topological polar surface area (TPSA) is 75.4 Å². The summed E-state index contributed by atoms with van der Waals surface area (Å²) in [6, 6.07) is 7.29. The molecule has 0 aliphatic carbocycles. The van der Waals surface area contributed by atoms with Gasteiger partial charge in [-0.3, -0.25) is 9.59 Å². The normalized spacial score (nSPS) is 19.2. The van der Waals surface area contributed by atoms with Crippen molar-refractivity contribution >= 4 is 23.4 Å². The molecule has 2 amide bonds. The number of piperazine rings is 1. The number of carbonyl (C=O) groups excluding carboxylic acids is 2. The lowest BCUT2D eigenvalue weighted by Crippen LogP contribution is -2.49. The lowest BCUT2D eigenvalue weighted by molar-refractivity contribution is -0.137. The Kier molecular flexibility index (Phi) is 4.39. The number of primary amides is 1. The zero-order valence-electron chi connectivity index (χ0n) is 10.4. The molecule has 1 aliphatic rings. The molecule has 0 spiro atoms. The molecule has 1 unspecified atom stereocenters. The SMILES string of the molecule is NC(=O)CC(=O)N1CCNCC1c1cccc(Cl)c1. The summed E-state index contributed by atoms with van der Waals surface area (Å²) in [5.41, 5.74) is 6.04. The molecule has 1 heterocycles. The number of carbonyl (C=O) groups is 2. The van der Waals surface area contributed by atoms with Crippen LogP contribution >= 0.6 is 11.6 Å². The molecule has 1 aliphatic heterocycles. The van der Waals surface area contributed by atoms with Crippen molar-refractivity contribution in [2.75, 3.05) is 19.6 Å². The van der Waals surface area contributed by atoms with Crippen molar-refractivity contribution in [3.8, 4) is 0 Å². The summed E-state index contributed by atoms with van der Waals surface area (Å²) < 4.78 is 0. The zero-order valence-corrected chi connectivity index (χ0v) is 11.2. The first kappa shape index (κ1) is 13.8. The molecule has 19 heavy (non-hydrogen) atoms. The Morgan fingerprint density at radius 1 is 1.47 bits per heavy atom. The van der Waals surface area contributed by atoms with Gasteiger partial charge in [-0.05, 0) is 17.7 Å². The summed E-state index contributed by atoms with van der Waals surface area (Å²) in [5, 5.41) is 3.87. The molecular weight excluding hydrogens is 266 g/mol. The van der Waals surface area contributed by atoms with Crippen molar-refractivity contribution in [2.45, 2.75) is 12.5 Å². The molecule has 0 radical (unpaired) electrons. The standard InChI is InChI=1S/C13H16ClN3O2/c14-10-3-1-2-9(6-10)11-8-16-4-5-17(11)13(19)7-12(15)18/h1-3,6,11,16H,4-5,7-8H2,(H2,15,18). The zero-order chi connectivity index (χ0) is 13.8. The highest BCUT2D eigenvalue weighted by molar-refractivity contribution is 6.30. The molecule has 1 aromatic carbocycles. The Morgan fingerprint density at radius 3 is 2.95 bits per heavy atom. The molecule has 2 rings (SSSR count). The van der Waals surface area contributed by atoms with Crippen LogP contribution in [0.25, 0.3) is 0 Å². The van der Waals surface area contributed by atoms with Crippen molar-refractivity contribution < 1.29 is 9.59 Å². The molecule has 5 nitrogen and oxygen atoms in total. The summed E-state index contributed by atoms with van der Waals surface area (Å²) in [4.78, 5) is 24.6. The number of amides is 2. The molecular formula is C13H16ClN3O2. The van der Waals surface area contributed by atoms with Crippen molar-refractivity contribution in [2.24, 2.45) is 5.73 Å². The first-order valence-electron chi connectivity index (χ1n) is 6.12. The monoisotopic (exact) mass is 281 g/mol. The van der Waals surface area contributed by atoms with E-state index in [1.807, 2.05) is 18.2 Å². The number of nitrogens with one attached hydrogen (secondary N) is 1. The maximum atomic E-state index is 12.0. The average Bonchev–Trinajstić information content (AvgIpc) is 2.38. The third-order valence-corrected chi connectivity index (χ3v) is 3.36. The predicted molar refractivity (Wildman–Crippen MR) is 72.6 cm³/mol. The minimum Gasteiger partial charge on any atom is -0.369 e. The lowest BCUT2D eigenvalue weighted by Gasteiger charge is -2.36. The molecule has 3 N–H and O–H groups in total. The van der Waals surface area contributed by atoms with Gasteiger partial charge in [-0.15, -0.1) is 0 Å². The van der Waals surface area contributed by atoms with E-state index in [4.69, 9.17) is 17.3 Å². The van der Waals surface area contributed by atoms with Gasteiger partial charge in [0.2, 0.25) is 11.8 Å². The summed E-state index contributed by atoms with van der Waals surface area (Å²) in [5.74, 6) is -0.840. The molecule has 1 fully saturated rings. The molecule has 1 saturated heterocycles. The van der Waals surface area contributed by atoms with Crippen LogP contribution in [0.5, 0.6) is 0 Å². The van der Waals surface area contributed by atoms with Crippen LogP contribution in [0.1, 0.15) is 18.0 Å². The predicted octanol–water partition coefficient (Wildman–Crippen LogP) is 0.688. The first-order valence-corrected chi connectivity index (χ1v) is 6.49. The maximum Gasteiger partial charge on any atom is 0.232 e. The van der Waals surface area contributed by atoms with Gasteiger partial charge in [0.05, 0.1) is 6.04 Å². The summed E-state index contributed by atoms with van der Waals surface area (Å²) in [6.45, 7) is 1.91. The van der Waals surface area contributed by atoms with E-state index in [1.165, 1.54) is 0 Å². The maximum absolute atomic E-state index is 12.0. The number of hydrogen-bond donors (Lipinski definition) is 2. The molecule has 1 aromatic rings. The third-order valence-electron chi connectivity index (χ3n) is 3.12. The van der Waals surface area contributed by atoms with Crippen LogP contribution < -0.4 is 11.1 Å². The van der Waals surface area contributed by atoms with E-state index in [-0.39, 0.29) is 18.4 Å². The van der Waals surface area contributed by atoms with Crippen molar-refractivity contribution in [1.82, 2.24) is 10.2 Å². The van der Waals surface area contributed by atoms with E-state index in [0.717, 1.165) is 5.56 Å².